The molecule has 2 aromatic carbocycles. The van der Waals surface area contributed by atoms with Crippen molar-refractivity contribution >= 4 is 119 Å². The molecule has 3 nitrogen and oxygen atoms in total. The third-order valence-electron chi connectivity index (χ3n) is 3.12. The molecule has 0 aliphatic heterocycles. The predicted molar refractivity (Wildman–Crippen MR) is 140 cm³/mol. The van der Waals surface area contributed by atoms with Gasteiger partial charge in [0.05, 0.1) is 5.69 Å². The van der Waals surface area contributed by atoms with E-state index in [4.69, 9.17) is 0 Å². The van der Waals surface area contributed by atoms with Gasteiger partial charge in [-0.3, -0.25) is 0 Å². The summed E-state index contributed by atoms with van der Waals surface area (Å²) in [6.45, 7) is 5.00. The Morgan fingerprint density at radius 1 is 0.735 bits per heavy atom. The van der Waals surface area contributed by atoms with Gasteiger partial charge in [-0.15, -0.1) is 0 Å². The van der Waals surface area contributed by atoms with Gasteiger partial charge in [-0.2, -0.15) is 33.3 Å². The SMILES string of the molecule is FC(F)(F)C(=Nc1c(Br)cc(Br)cc1Br)N=C([N-]c1c(Br)cc(Br)cc1Br)C(F)(F)F.[CH2-]C.[Zn+2]. The van der Waals surface area contributed by atoms with Crippen molar-refractivity contribution in [3.8, 4) is 0 Å². The van der Waals surface area contributed by atoms with Crippen molar-refractivity contribution in [2.24, 2.45) is 9.98 Å². The molecule has 0 aromatic heterocycles. The minimum Gasteiger partial charge on any atom is -0.430 e. The molecule has 0 fully saturated rings. The first-order valence-electron chi connectivity index (χ1n) is 8.13. The molecule has 0 bridgehead atoms. The fourth-order valence-electron chi connectivity index (χ4n) is 1.90. The predicted octanol–water partition coefficient (Wildman–Crippen LogP) is 11.4. The molecule has 0 radical (unpaired) electrons. The van der Waals surface area contributed by atoms with Crippen LogP contribution in [0.1, 0.15) is 6.92 Å². The Morgan fingerprint density at radius 3 is 1.47 bits per heavy atom. The monoisotopic (exact) mass is 919 g/mol. The van der Waals surface area contributed by atoms with Gasteiger partial charge in [-0.1, -0.05) is 63.7 Å². The van der Waals surface area contributed by atoms with Crippen molar-refractivity contribution in [2.75, 3.05) is 0 Å². The van der Waals surface area contributed by atoms with Crippen LogP contribution < -0.4 is 0 Å². The van der Waals surface area contributed by atoms with Crippen molar-refractivity contribution in [3.63, 3.8) is 0 Å². The second kappa shape index (κ2) is 14.6. The van der Waals surface area contributed by atoms with Crippen LogP contribution in [0.4, 0.5) is 37.7 Å². The second-order valence-electron chi connectivity index (χ2n) is 5.41. The van der Waals surface area contributed by atoms with E-state index in [9.17, 15) is 26.3 Å². The van der Waals surface area contributed by atoms with Crippen molar-refractivity contribution in [1.29, 1.82) is 0 Å². The smallest absolute Gasteiger partial charge is 0.430 e. The first-order chi connectivity index (χ1) is 15.1. The Kier molecular flexibility index (Phi) is 14.8. The van der Waals surface area contributed by atoms with E-state index in [2.05, 4.69) is 118 Å². The van der Waals surface area contributed by atoms with Crippen LogP contribution >= 0.6 is 95.6 Å². The van der Waals surface area contributed by atoms with E-state index in [0.717, 1.165) is 0 Å². The fourth-order valence-corrected chi connectivity index (χ4v) is 6.77. The average molecular weight is 926 g/mol. The Bertz CT molecular complexity index is 1030. The first kappa shape index (κ1) is 34.7. The molecule has 0 aliphatic carbocycles. The van der Waals surface area contributed by atoms with Gasteiger partial charge in [0.25, 0.3) is 0 Å². The maximum Gasteiger partial charge on any atom is 2.00 e. The zero-order chi connectivity index (χ0) is 25.7. The van der Waals surface area contributed by atoms with Gasteiger partial charge < -0.3 is 17.2 Å². The zero-order valence-corrected chi connectivity index (χ0v) is 29.1. The quantitative estimate of drug-likeness (QED) is 0.0947. The fraction of sp³-hybridized carbons (Fsp3) is 0.167. The number of nitrogens with zero attached hydrogens (tertiary/aromatic N) is 3. The molecule has 0 saturated heterocycles. The summed E-state index contributed by atoms with van der Waals surface area (Å²) in [5, 5.41) is 3.32. The van der Waals surface area contributed by atoms with Crippen molar-refractivity contribution in [3.05, 3.63) is 63.3 Å². The van der Waals surface area contributed by atoms with E-state index in [1.807, 2.05) is 0 Å². The number of amidine groups is 2. The van der Waals surface area contributed by atoms with E-state index in [1.54, 1.807) is 6.92 Å². The molecule has 0 atom stereocenters. The molecule has 2 aromatic rings. The average Bonchev–Trinajstić information content (AvgIpc) is 2.64. The molecule has 0 amide bonds. The standard InChI is InChI=1S/C16H4Br6F6N3.C2H5.Zn/c17-5-1-7(19)11(8(20)2-5)29-13(15(23,24)25)31-14(16(26,27)28)30-12-9(21)3-6(18)4-10(12)22;1-2;/h1-4H;1H2,2H3;/q2*-1;+2. The summed E-state index contributed by atoms with van der Waals surface area (Å²) in [7, 11) is 0. The maximum absolute atomic E-state index is 13.5. The summed E-state index contributed by atoms with van der Waals surface area (Å²) in [6, 6.07) is 5.53. The minimum absolute atomic E-state index is 0. The molecule has 0 saturated carbocycles. The number of benzene rings is 2. The number of rotatable bonds is 2. The summed E-state index contributed by atoms with van der Waals surface area (Å²) in [5.41, 5.74) is -0.599. The third kappa shape index (κ3) is 10.2. The molecular formula is C18H9Br6F6N3Zn. The van der Waals surface area contributed by atoms with Gasteiger partial charge in [0.1, 0.15) is 5.84 Å². The first-order valence-corrected chi connectivity index (χ1v) is 12.9. The van der Waals surface area contributed by atoms with E-state index >= 15 is 0 Å². The van der Waals surface area contributed by atoms with Gasteiger partial charge >= 0.3 is 31.8 Å². The second-order valence-corrected chi connectivity index (χ2v) is 10.7. The van der Waals surface area contributed by atoms with Gasteiger partial charge in [0.2, 0.25) is 0 Å². The summed E-state index contributed by atoms with van der Waals surface area (Å²) >= 11 is 18.4. The summed E-state index contributed by atoms with van der Waals surface area (Å²) in [5.74, 6) is -4.06. The molecule has 0 unspecified atom stereocenters. The Balaban J connectivity index is 0.00000353. The number of halogens is 12. The van der Waals surface area contributed by atoms with Gasteiger partial charge in [0.15, 0.2) is 0 Å². The minimum atomic E-state index is -5.30. The van der Waals surface area contributed by atoms with E-state index in [0.29, 0.717) is 8.95 Å². The molecule has 2 rings (SSSR count). The molecule has 0 heterocycles. The van der Waals surface area contributed by atoms with E-state index in [-0.39, 0.29) is 48.7 Å². The maximum atomic E-state index is 13.5. The van der Waals surface area contributed by atoms with Gasteiger partial charge in [-0.05, 0) is 61.8 Å². The van der Waals surface area contributed by atoms with E-state index < -0.39 is 24.0 Å². The van der Waals surface area contributed by atoms with Crippen LogP contribution in [-0.2, 0) is 19.5 Å². The summed E-state index contributed by atoms with van der Waals surface area (Å²) in [6.07, 6.45) is -10.6. The molecule has 0 aliphatic rings. The summed E-state index contributed by atoms with van der Waals surface area (Å²) in [4.78, 5) is 6.08. The Hall–Kier alpha value is 0.663. The van der Waals surface area contributed by atoms with Crippen LogP contribution in [0.5, 0.6) is 0 Å². The molecule has 16 heteroatoms. The number of alkyl halides is 6. The van der Waals surface area contributed by atoms with Crippen LogP contribution in [0.25, 0.3) is 5.32 Å². The number of hydrogen-bond acceptors (Lipinski definition) is 1. The topological polar surface area (TPSA) is 38.8 Å². The normalized spacial score (nSPS) is 12.5. The number of hydrogen-bond donors (Lipinski definition) is 0. The van der Waals surface area contributed by atoms with Crippen LogP contribution in [0.3, 0.4) is 0 Å². The Labute approximate surface area is 254 Å². The zero-order valence-electron chi connectivity index (χ0n) is 16.6. The van der Waals surface area contributed by atoms with Crippen LogP contribution in [0.2, 0.25) is 0 Å². The van der Waals surface area contributed by atoms with Crippen molar-refractivity contribution in [1.82, 2.24) is 0 Å². The van der Waals surface area contributed by atoms with Gasteiger partial charge in [-0.25, -0.2) is 4.99 Å². The third-order valence-corrected chi connectivity index (χ3v) is 6.45. The molecule has 0 spiro atoms. The van der Waals surface area contributed by atoms with Crippen molar-refractivity contribution in [2.45, 2.75) is 19.3 Å². The Morgan fingerprint density at radius 2 is 1.12 bits per heavy atom. The summed E-state index contributed by atoms with van der Waals surface area (Å²) < 4.78 is 82.6. The molecular weight excluding hydrogens is 917 g/mol. The largest absolute Gasteiger partial charge is 2.00 e. The van der Waals surface area contributed by atoms with Crippen LogP contribution in [0.15, 0.2) is 61.1 Å². The van der Waals surface area contributed by atoms with Crippen molar-refractivity contribution < 1.29 is 45.8 Å². The van der Waals surface area contributed by atoms with E-state index in [1.165, 1.54) is 24.3 Å². The molecule has 182 valence electrons. The number of aliphatic imine (C=N–C) groups is 2. The molecule has 0 N–H and O–H groups in total. The van der Waals surface area contributed by atoms with Gasteiger partial charge in [0, 0.05) is 32.7 Å². The van der Waals surface area contributed by atoms with Crippen LogP contribution in [0, 0.1) is 6.92 Å². The van der Waals surface area contributed by atoms with Crippen LogP contribution in [-0.4, -0.2) is 24.0 Å². The molecule has 34 heavy (non-hydrogen) atoms.